The van der Waals surface area contributed by atoms with E-state index in [1.54, 1.807) is 0 Å². The molecule has 0 saturated carbocycles. The van der Waals surface area contributed by atoms with E-state index in [1.165, 1.54) is 218 Å². The Kier molecular flexibility index (Phi) is 55.7. The molecule has 0 aromatic rings. The Balaban J connectivity index is 5.13. The number of phosphoric ester groups is 1. The van der Waals surface area contributed by atoms with E-state index in [0.717, 1.165) is 64.2 Å². The second-order valence-corrected chi connectivity index (χ2v) is 25.0. The van der Waals surface area contributed by atoms with Crippen molar-refractivity contribution < 1.29 is 37.3 Å². The summed E-state index contributed by atoms with van der Waals surface area (Å²) in [5, 5.41) is 3.04. The van der Waals surface area contributed by atoms with Crippen molar-refractivity contribution in [1.29, 1.82) is 0 Å². The van der Waals surface area contributed by atoms with Gasteiger partial charge in [0.05, 0.1) is 33.8 Å². The van der Waals surface area contributed by atoms with Crippen LogP contribution < -0.4 is 10.2 Å². The number of esters is 1. The molecule has 0 radical (unpaired) electrons. The number of amides is 1. The van der Waals surface area contributed by atoms with Crippen LogP contribution in [0.1, 0.15) is 316 Å². The first kappa shape index (κ1) is 75.0. The molecule has 3 unspecified atom stereocenters. The molecule has 0 fully saturated rings. The minimum Gasteiger partial charge on any atom is -0.756 e. The van der Waals surface area contributed by atoms with Gasteiger partial charge in [-0.05, 0) is 89.5 Å². The predicted octanol–water partition coefficient (Wildman–Crippen LogP) is 19.8. The molecule has 10 heteroatoms. The largest absolute Gasteiger partial charge is 0.756 e. The van der Waals surface area contributed by atoms with Crippen LogP contribution in [-0.2, 0) is 27.9 Å². The third kappa shape index (κ3) is 58.4. The monoisotopic (exact) mass is 1100 g/mol. The quantitative estimate of drug-likeness (QED) is 0.0212. The van der Waals surface area contributed by atoms with E-state index in [-0.39, 0.29) is 31.5 Å². The lowest BCUT2D eigenvalue weighted by molar-refractivity contribution is -0.870. The predicted molar refractivity (Wildman–Crippen MR) is 330 cm³/mol. The lowest BCUT2D eigenvalue weighted by atomic mass is 10.0. The summed E-state index contributed by atoms with van der Waals surface area (Å²) in [6.07, 6.45) is 70.8. The number of allylic oxidation sites excluding steroid dienone is 7. The van der Waals surface area contributed by atoms with Crippen LogP contribution in [0.2, 0.25) is 0 Å². The van der Waals surface area contributed by atoms with Gasteiger partial charge in [0.1, 0.15) is 19.3 Å². The zero-order valence-electron chi connectivity index (χ0n) is 51.7. The Bertz CT molecular complexity index is 1460. The van der Waals surface area contributed by atoms with Gasteiger partial charge in [0, 0.05) is 12.8 Å². The van der Waals surface area contributed by atoms with Gasteiger partial charge < -0.3 is 28.5 Å². The third-order valence-electron chi connectivity index (χ3n) is 14.7. The highest BCUT2D eigenvalue weighted by Crippen LogP contribution is 2.38. The molecule has 0 aromatic carbocycles. The smallest absolute Gasteiger partial charge is 0.306 e. The summed E-state index contributed by atoms with van der Waals surface area (Å²) in [5.74, 6) is -0.535. The number of hydrogen-bond acceptors (Lipinski definition) is 7. The number of hydrogen-bond donors (Lipinski definition) is 1. The van der Waals surface area contributed by atoms with Crippen molar-refractivity contribution in [3.8, 4) is 0 Å². The number of unbranched alkanes of at least 4 members (excludes halogenated alkanes) is 38. The Morgan fingerprint density at radius 3 is 1.21 bits per heavy atom. The highest BCUT2D eigenvalue weighted by atomic mass is 31.2. The van der Waals surface area contributed by atoms with Gasteiger partial charge in [0.25, 0.3) is 7.82 Å². The lowest BCUT2D eigenvalue weighted by Gasteiger charge is -2.30. The second kappa shape index (κ2) is 57.2. The van der Waals surface area contributed by atoms with E-state index in [2.05, 4.69) is 62.5 Å². The average Bonchev–Trinajstić information content (AvgIpc) is 3.39. The molecule has 77 heavy (non-hydrogen) atoms. The highest BCUT2D eigenvalue weighted by Gasteiger charge is 2.27. The molecule has 0 aliphatic heterocycles. The highest BCUT2D eigenvalue weighted by molar-refractivity contribution is 7.45. The zero-order chi connectivity index (χ0) is 56.4. The molecule has 0 bridgehead atoms. The van der Waals surface area contributed by atoms with Crippen LogP contribution >= 0.6 is 7.82 Å². The summed E-state index contributed by atoms with van der Waals surface area (Å²) in [6, 6.07) is -0.889. The standard InChI is InChI=1S/C67H127N2O7P/c1-7-10-13-16-19-22-25-27-29-31-33-34-36-37-39-41-44-47-50-53-56-59-66(70)68-64(63-75-77(72,73)74-62-61-69(4,5)6)65(58-55-52-49-46-43-24-21-18-15-12-9-3)76-67(71)60-57-54-51-48-45-42-40-38-35-32-30-28-26-23-20-17-14-11-8-2/h19,22,27-30,55,58,64-65H,7-18,20-21,23-26,31-54,56-57,59-63H2,1-6H3,(H-,68,70,72,73)/b22-19-,29-27-,30-28+,58-55+. The number of rotatable bonds is 60. The summed E-state index contributed by atoms with van der Waals surface area (Å²) >= 11 is 0. The maximum absolute atomic E-state index is 13.6. The molecule has 452 valence electrons. The van der Waals surface area contributed by atoms with E-state index in [9.17, 15) is 19.0 Å². The van der Waals surface area contributed by atoms with Gasteiger partial charge >= 0.3 is 5.97 Å². The summed E-state index contributed by atoms with van der Waals surface area (Å²) in [7, 11) is 1.19. The molecule has 3 atom stereocenters. The summed E-state index contributed by atoms with van der Waals surface area (Å²) < 4.78 is 30.4. The van der Waals surface area contributed by atoms with E-state index >= 15 is 0 Å². The molecular formula is C67H127N2O7P. The van der Waals surface area contributed by atoms with Crippen molar-refractivity contribution in [3.05, 3.63) is 48.6 Å². The number of carbonyl (C=O) groups is 2. The lowest BCUT2D eigenvalue weighted by Crippen LogP contribution is -2.47. The van der Waals surface area contributed by atoms with Gasteiger partial charge in [-0.3, -0.25) is 14.2 Å². The fraction of sp³-hybridized carbons (Fsp3) is 0.851. The van der Waals surface area contributed by atoms with Crippen molar-refractivity contribution >= 4 is 19.7 Å². The third-order valence-corrected chi connectivity index (χ3v) is 15.7. The number of quaternary nitrogens is 1. The van der Waals surface area contributed by atoms with Crippen LogP contribution in [-0.4, -0.2) is 69.4 Å². The molecule has 0 aromatic heterocycles. The van der Waals surface area contributed by atoms with Crippen molar-refractivity contribution in [3.63, 3.8) is 0 Å². The normalized spacial score (nSPS) is 13.9. The minimum atomic E-state index is -4.70. The van der Waals surface area contributed by atoms with Crippen molar-refractivity contribution in [2.75, 3.05) is 40.9 Å². The first-order valence-corrected chi connectivity index (χ1v) is 34.4. The first-order chi connectivity index (χ1) is 37.4. The van der Waals surface area contributed by atoms with Gasteiger partial charge in [-0.25, -0.2) is 0 Å². The summed E-state index contributed by atoms with van der Waals surface area (Å²) in [5.41, 5.74) is 0. The molecule has 0 saturated heterocycles. The van der Waals surface area contributed by atoms with Crippen molar-refractivity contribution in [2.45, 2.75) is 328 Å². The number of carbonyl (C=O) groups excluding carboxylic acids is 2. The SMILES string of the molecule is CCCCC/C=C\C/C=C\CCCCCCCCCCCCCC(=O)NC(COP(=O)([O-])OCC[N+](C)(C)C)C(/C=C/CCCCCCCCCCC)OC(=O)CCCCCCCCCCC/C=C/CCCCCCCC. The van der Waals surface area contributed by atoms with Gasteiger partial charge in [0.2, 0.25) is 5.91 Å². The second-order valence-electron chi connectivity index (χ2n) is 23.6. The average molecular weight is 1100 g/mol. The van der Waals surface area contributed by atoms with Crippen LogP contribution in [0, 0.1) is 0 Å². The summed E-state index contributed by atoms with van der Waals surface area (Å²) in [4.78, 5) is 40.0. The first-order valence-electron chi connectivity index (χ1n) is 32.9. The molecular weight excluding hydrogens is 976 g/mol. The fourth-order valence-electron chi connectivity index (χ4n) is 9.61. The van der Waals surface area contributed by atoms with Gasteiger partial charge in [-0.15, -0.1) is 0 Å². The Labute approximate surface area is 478 Å². The maximum atomic E-state index is 13.6. The number of nitrogens with zero attached hydrogens (tertiary/aromatic N) is 1. The van der Waals surface area contributed by atoms with Crippen LogP contribution in [0.25, 0.3) is 0 Å². The van der Waals surface area contributed by atoms with Crippen LogP contribution in [0.5, 0.6) is 0 Å². The Hall–Kier alpha value is -2.03. The number of ether oxygens (including phenoxy) is 1. The molecule has 0 rings (SSSR count). The van der Waals surface area contributed by atoms with Gasteiger partial charge in [0.15, 0.2) is 0 Å². The summed E-state index contributed by atoms with van der Waals surface area (Å²) in [6.45, 7) is 6.84. The molecule has 0 heterocycles. The Morgan fingerprint density at radius 2 is 0.792 bits per heavy atom. The molecule has 0 aliphatic carbocycles. The van der Waals surface area contributed by atoms with E-state index in [0.29, 0.717) is 17.4 Å². The van der Waals surface area contributed by atoms with Crippen LogP contribution in [0.3, 0.4) is 0 Å². The number of phosphoric acid groups is 1. The number of nitrogens with one attached hydrogen (secondary N) is 1. The molecule has 1 amide bonds. The fourth-order valence-corrected chi connectivity index (χ4v) is 10.3. The van der Waals surface area contributed by atoms with Crippen LogP contribution in [0.4, 0.5) is 0 Å². The zero-order valence-corrected chi connectivity index (χ0v) is 52.6. The van der Waals surface area contributed by atoms with E-state index < -0.39 is 20.0 Å². The Morgan fingerprint density at radius 1 is 0.455 bits per heavy atom. The molecule has 1 N–H and O–H groups in total. The molecule has 0 aliphatic rings. The van der Waals surface area contributed by atoms with Gasteiger partial charge in [-0.2, -0.15) is 0 Å². The minimum absolute atomic E-state index is 0.0223. The topological polar surface area (TPSA) is 114 Å². The van der Waals surface area contributed by atoms with Crippen LogP contribution in [0.15, 0.2) is 48.6 Å². The van der Waals surface area contributed by atoms with E-state index in [1.807, 2.05) is 33.3 Å². The molecule has 9 nitrogen and oxygen atoms in total. The maximum Gasteiger partial charge on any atom is 0.306 e. The number of likely N-dealkylation sites (N-methyl/N-ethyl adjacent to an activating group) is 1. The molecule has 0 spiro atoms. The van der Waals surface area contributed by atoms with E-state index in [4.69, 9.17) is 13.8 Å². The van der Waals surface area contributed by atoms with Crippen molar-refractivity contribution in [2.24, 2.45) is 0 Å². The van der Waals surface area contributed by atoms with Gasteiger partial charge in [-0.1, -0.05) is 262 Å². The van der Waals surface area contributed by atoms with Crippen molar-refractivity contribution in [1.82, 2.24) is 5.32 Å².